The lowest BCUT2D eigenvalue weighted by Gasteiger charge is -2.28. The van der Waals surface area contributed by atoms with Gasteiger partial charge in [0.1, 0.15) is 11.5 Å². The van der Waals surface area contributed by atoms with Crippen LogP contribution in [0.2, 0.25) is 0 Å². The Kier molecular flexibility index (Phi) is 4.57. The van der Waals surface area contributed by atoms with Gasteiger partial charge in [-0.2, -0.15) is 0 Å². The molecule has 1 rings (SSSR count). The molecular weight excluding hydrogens is 228 g/mol. The first-order chi connectivity index (χ1) is 8.21. The average Bonchev–Trinajstić information content (AvgIpc) is 2.52. The van der Waals surface area contributed by atoms with Crippen molar-refractivity contribution in [2.45, 2.75) is 27.7 Å². The zero-order chi connectivity index (χ0) is 13.9. The van der Waals surface area contributed by atoms with Crippen LogP contribution >= 0.6 is 0 Å². The van der Waals surface area contributed by atoms with Gasteiger partial charge in [-0.25, -0.2) is 0 Å². The molecule has 0 saturated heterocycles. The molecule has 102 valence electrons. The Morgan fingerprint density at radius 2 is 2.00 bits per heavy atom. The van der Waals surface area contributed by atoms with E-state index in [9.17, 15) is 4.79 Å². The number of rotatable bonds is 5. The summed E-state index contributed by atoms with van der Waals surface area (Å²) >= 11 is 0. The molecule has 0 bridgehead atoms. The fraction of sp³-hybridized carbons (Fsp3) is 0.643. The maximum Gasteiger partial charge on any atom is 0.254 e. The molecular formula is C14H24N2O2. The van der Waals surface area contributed by atoms with Gasteiger partial charge in [-0.1, -0.05) is 13.8 Å². The molecule has 1 aromatic rings. The van der Waals surface area contributed by atoms with Crippen molar-refractivity contribution in [2.75, 3.05) is 27.2 Å². The summed E-state index contributed by atoms with van der Waals surface area (Å²) in [4.78, 5) is 14.2. The van der Waals surface area contributed by atoms with E-state index >= 15 is 0 Å². The first-order valence-electron chi connectivity index (χ1n) is 6.21. The first-order valence-corrected chi connectivity index (χ1v) is 6.21. The third kappa shape index (κ3) is 4.18. The Hall–Kier alpha value is -1.29. The third-order valence-corrected chi connectivity index (χ3v) is 2.76. The van der Waals surface area contributed by atoms with Crippen molar-refractivity contribution in [1.29, 1.82) is 0 Å². The Balaban J connectivity index is 2.59. The van der Waals surface area contributed by atoms with Crippen molar-refractivity contribution in [3.05, 3.63) is 23.2 Å². The quantitative estimate of drug-likeness (QED) is 0.874. The Morgan fingerprint density at radius 1 is 1.39 bits per heavy atom. The highest BCUT2D eigenvalue weighted by atomic mass is 16.3. The van der Waals surface area contributed by atoms with Crippen molar-refractivity contribution in [2.24, 2.45) is 5.41 Å². The van der Waals surface area contributed by atoms with Crippen LogP contribution in [0.1, 0.15) is 35.7 Å². The molecule has 0 aliphatic carbocycles. The van der Waals surface area contributed by atoms with E-state index in [0.717, 1.165) is 12.3 Å². The van der Waals surface area contributed by atoms with E-state index in [1.54, 1.807) is 6.07 Å². The molecule has 0 unspecified atom stereocenters. The third-order valence-electron chi connectivity index (χ3n) is 2.76. The van der Waals surface area contributed by atoms with E-state index in [0.29, 0.717) is 17.9 Å². The molecule has 0 atom stereocenters. The second kappa shape index (κ2) is 5.57. The summed E-state index contributed by atoms with van der Waals surface area (Å²) in [5.74, 6) is 1.39. The van der Waals surface area contributed by atoms with E-state index in [-0.39, 0.29) is 11.3 Å². The molecule has 0 aliphatic heterocycles. The second-order valence-corrected chi connectivity index (χ2v) is 5.91. The van der Waals surface area contributed by atoms with E-state index in [4.69, 9.17) is 4.42 Å². The van der Waals surface area contributed by atoms with Crippen molar-refractivity contribution in [3.8, 4) is 0 Å². The van der Waals surface area contributed by atoms with Gasteiger partial charge in [0.25, 0.3) is 5.91 Å². The summed E-state index contributed by atoms with van der Waals surface area (Å²) in [6.45, 7) is 9.51. The molecule has 18 heavy (non-hydrogen) atoms. The summed E-state index contributed by atoms with van der Waals surface area (Å²) in [7, 11) is 4.07. The number of furan rings is 1. The Bertz CT molecular complexity index is 419. The number of hydrogen-bond donors (Lipinski definition) is 1. The molecule has 1 amide bonds. The van der Waals surface area contributed by atoms with E-state index in [2.05, 4.69) is 24.1 Å². The molecule has 4 nitrogen and oxygen atoms in total. The fourth-order valence-electron chi connectivity index (χ4n) is 2.18. The maximum absolute atomic E-state index is 12.0. The van der Waals surface area contributed by atoms with Gasteiger partial charge in [0, 0.05) is 13.1 Å². The minimum Gasteiger partial charge on any atom is -0.466 e. The number of carbonyl (C=O) groups is 1. The predicted octanol–water partition coefficient (Wildman–Crippen LogP) is 2.21. The SMILES string of the molecule is Cc1cc(C(=O)NCC(C)(C)CN(C)C)c(C)o1. The predicted molar refractivity (Wildman–Crippen MR) is 72.9 cm³/mol. The zero-order valence-electron chi connectivity index (χ0n) is 12.3. The van der Waals surface area contributed by atoms with Crippen LogP contribution in [0.15, 0.2) is 10.5 Å². The summed E-state index contributed by atoms with van der Waals surface area (Å²) in [5, 5.41) is 2.97. The van der Waals surface area contributed by atoms with Gasteiger partial charge in [-0.15, -0.1) is 0 Å². The average molecular weight is 252 g/mol. The zero-order valence-corrected chi connectivity index (χ0v) is 12.3. The van der Waals surface area contributed by atoms with Gasteiger partial charge >= 0.3 is 0 Å². The smallest absolute Gasteiger partial charge is 0.254 e. The molecule has 1 N–H and O–H groups in total. The van der Waals surface area contributed by atoms with E-state index in [1.165, 1.54) is 0 Å². The highest BCUT2D eigenvalue weighted by Crippen LogP contribution is 2.16. The van der Waals surface area contributed by atoms with Crippen LogP contribution in [0.5, 0.6) is 0 Å². The second-order valence-electron chi connectivity index (χ2n) is 5.91. The molecule has 0 spiro atoms. The van der Waals surface area contributed by atoms with Gasteiger partial charge in [0.2, 0.25) is 0 Å². The van der Waals surface area contributed by atoms with Crippen molar-refractivity contribution < 1.29 is 9.21 Å². The molecule has 0 aliphatic rings. The summed E-state index contributed by atoms with van der Waals surface area (Å²) in [6, 6.07) is 1.78. The van der Waals surface area contributed by atoms with Crippen molar-refractivity contribution >= 4 is 5.91 Å². The lowest BCUT2D eigenvalue weighted by Crippen LogP contribution is -2.40. The molecule has 4 heteroatoms. The topological polar surface area (TPSA) is 45.5 Å². The van der Waals surface area contributed by atoms with E-state index in [1.807, 2.05) is 27.9 Å². The summed E-state index contributed by atoms with van der Waals surface area (Å²) < 4.78 is 5.36. The van der Waals surface area contributed by atoms with Crippen LogP contribution in [0.4, 0.5) is 0 Å². The molecule has 0 saturated carbocycles. The molecule has 1 heterocycles. The molecule has 0 radical (unpaired) electrons. The van der Waals surface area contributed by atoms with Crippen LogP contribution in [0.3, 0.4) is 0 Å². The van der Waals surface area contributed by atoms with Gasteiger partial charge in [0.15, 0.2) is 0 Å². The summed E-state index contributed by atoms with van der Waals surface area (Å²) in [6.07, 6.45) is 0. The lowest BCUT2D eigenvalue weighted by atomic mass is 9.93. The van der Waals surface area contributed by atoms with Crippen LogP contribution < -0.4 is 5.32 Å². The number of aryl methyl sites for hydroxylation is 2. The minimum atomic E-state index is -0.0591. The van der Waals surface area contributed by atoms with Crippen LogP contribution in [0.25, 0.3) is 0 Å². The normalized spacial score (nSPS) is 11.9. The van der Waals surface area contributed by atoms with Crippen molar-refractivity contribution in [3.63, 3.8) is 0 Å². The van der Waals surface area contributed by atoms with Gasteiger partial charge < -0.3 is 14.6 Å². The first kappa shape index (κ1) is 14.8. The lowest BCUT2D eigenvalue weighted by molar-refractivity contribution is 0.0927. The van der Waals surface area contributed by atoms with Gasteiger partial charge in [-0.3, -0.25) is 4.79 Å². The van der Waals surface area contributed by atoms with Crippen LogP contribution in [-0.2, 0) is 0 Å². The number of nitrogens with one attached hydrogen (secondary N) is 1. The standard InChI is InChI=1S/C14H24N2O2/c1-10-7-12(11(2)18-10)13(17)15-8-14(3,4)9-16(5)6/h7H,8-9H2,1-6H3,(H,15,17). The highest BCUT2D eigenvalue weighted by Gasteiger charge is 2.21. The molecule has 0 fully saturated rings. The monoisotopic (exact) mass is 252 g/mol. The van der Waals surface area contributed by atoms with Gasteiger partial charge in [-0.05, 0) is 39.4 Å². The number of amides is 1. The number of hydrogen-bond acceptors (Lipinski definition) is 3. The maximum atomic E-state index is 12.0. The molecule has 0 aromatic carbocycles. The minimum absolute atomic E-state index is 0.0475. The Labute approximate surface area is 109 Å². The molecule has 1 aromatic heterocycles. The van der Waals surface area contributed by atoms with Crippen molar-refractivity contribution in [1.82, 2.24) is 10.2 Å². The van der Waals surface area contributed by atoms with Crippen LogP contribution in [-0.4, -0.2) is 38.0 Å². The number of carbonyl (C=O) groups excluding carboxylic acids is 1. The van der Waals surface area contributed by atoms with Crippen LogP contribution in [0, 0.1) is 19.3 Å². The Morgan fingerprint density at radius 3 is 2.44 bits per heavy atom. The fourth-order valence-corrected chi connectivity index (χ4v) is 2.18. The number of nitrogens with zero attached hydrogens (tertiary/aromatic N) is 1. The largest absolute Gasteiger partial charge is 0.466 e. The van der Waals surface area contributed by atoms with E-state index < -0.39 is 0 Å². The van der Waals surface area contributed by atoms with Gasteiger partial charge in [0.05, 0.1) is 5.56 Å². The highest BCUT2D eigenvalue weighted by molar-refractivity contribution is 5.95. The summed E-state index contributed by atoms with van der Waals surface area (Å²) in [5.41, 5.74) is 0.680.